The lowest BCUT2D eigenvalue weighted by Crippen LogP contribution is -2.27. The first-order valence-corrected chi connectivity index (χ1v) is 8.18. The van der Waals surface area contributed by atoms with E-state index in [1.807, 2.05) is 0 Å². The van der Waals surface area contributed by atoms with Crippen LogP contribution in [0.4, 0.5) is 5.69 Å². The molecule has 1 aliphatic rings. The van der Waals surface area contributed by atoms with E-state index in [9.17, 15) is 8.42 Å². The highest BCUT2D eigenvalue weighted by Gasteiger charge is 2.31. The van der Waals surface area contributed by atoms with Gasteiger partial charge in [-0.05, 0) is 55.9 Å². The van der Waals surface area contributed by atoms with Crippen molar-refractivity contribution in [1.82, 2.24) is 0 Å². The van der Waals surface area contributed by atoms with Crippen LogP contribution < -0.4 is 5.73 Å². The number of sulfone groups is 1. The Bertz CT molecular complexity index is 485. The Morgan fingerprint density at radius 1 is 1.11 bits per heavy atom. The minimum Gasteiger partial charge on any atom is -0.399 e. The molecule has 0 unspecified atom stereocenters. The second-order valence-electron chi connectivity index (χ2n) is 5.17. The molecule has 0 radical (unpaired) electrons. The molecular weight excluding hydrogens is 246 g/mol. The van der Waals surface area contributed by atoms with Crippen molar-refractivity contribution in [3.8, 4) is 0 Å². The van der Waals surface area contributed by atoms with Gasteiger partial charge in [0, 0.05) is 5.69 Å². The fourth-order valence-corrected chi connectivity index (χ4v) is 4.49. The molecule has 0 spiro atoms. The normalized spacial score (nSPS) is 24.9. The van der Waals surface area contributed by atoms with Crippen LogP contribution in [0, 0.1) is 5.92 Å². The summed E-state index contributed by atoms with van der Waals surface area (Å²) < 4.78 is 24.9. The van der Waals surface area contributed by atoms with Crippen molar-refractivity contribution in [3.63, 3.8) is 0 Å². The molecule has 1 saturated carbocycles. The minimum absolute atomic E-state index is 0.205. The number of nitrogens with two attached hydrogens (primary N) is 1. The SMILES string of the molecule is CCC1CCC(S(=O)(=O)c2ccc(N)cc2)CC1. The van der Waals surface area contributed by atoms with Crippen LogP contribution in [-0.4, -0.2) is 13.7 Å². The van der Waals surface area contributed by atoms with Gasteiger partial charge in [-0.15, -0.1) is 0 Å². The molecule has 18 heavy (non-hydrogen) atoms. The second-order valence-corrected chi connectivity index (χ2v) is 7.39. The molecule has 0 amide bonds. The fourth-order valence-electron chi connectivity index (χ4n) is 2.70. The Balaban J connectivity index is 2.15. The number of hydrogen-bond acceptors (Lipinski definition) is 3. The summed E-state index contributed by atoms with van der Waals surface area (Å²) >= 11 is 0. The highest BCUT2D eigenvalue weighted by Crippen LogP contribution is 2.33. The number of hydrogen-bond donors (Lipinski definition) is 1. The zero-order valence-corrected chi connectivity index (χ0v) is 11.6. The summed E-state index contributed by atoms with van der Waals surface area (Å²) in [7, 11) is -3.17. The quantitative estimate of drug-likeness (QED) is 0.856. The molecule has 2 N–H and O–H groups in total. The van der Waals surface area contributed by atoms with Crippen molar-refractivity contribution < 1.29 is 8.42 Å². The third kappa shape index (κ3) is 2.69. The Labute approximate surface area is 109 Å². The van der Waals surface area contributed by atoms with Crippen molar-refractivity contribution in [3.05, 3.63) is 24.3 Å². The number of benzene rings is 1. The van der Waals surface area contributed by atoms with Crippen LogP contribution in [0.1, 0.15) is 39.0 Å². The lowest BCUT2D eigenvalue weighted by atomic mass is 9.87. The van der Waals surface area contributed by atoms with Gasteiger partial charge in [-0.3, -0.25) is 0 Å². The van der Waals surface area contributed by atoms with Crippen molar-refractivity contribution >= 4 is 15.5 Å². The topological polar surface area (TPSA) is 60.2 Å². The van der Waals surface area contributed by atoms with Gasteiger partial charge in [-0.2, -0.15) is 0 Å². The van der Waals surface area contributed by atoms with Crippen LogP contribution in [0.2, 0.25) is 0 Å². The average Bonchev–Trinajstić information content (AvgIpc) is 2.39. The molecule has 2 rings (SSSR count). The maximum absolute atomic E-state index is 12.5. The summed E-state index contributed by atoms with van der Waals surface area (Å²) in [5, 5.41) is -0.205. The van der Waals surface area contributed by atoms with E-state index in [-0.39, 0.29) is 5.25 Å². The molecule has 0 aromatic heterocycles. The van der Waals surface area contributed by atoms with E-state index < -0.39 is 9.84 Å². The van der Waals surface area contributed by atoms with Crippen molar-refractivity contribution in [2.24, 2.45) is 5.92 Å². The van der Waals surface area contributed by atoms with Gasteiger partial charge in [0.15, 0.2) is 9.84 Å². The van der Waals surface area contributed by atoms with Crippen LogP contribution in [0.25, 0.3) is 0 Å². The lowest BCUT2D eigenvalue weighted by Gasteiger charge is -2.27. The van der Waals surface area contributed by atoms with Crippen LogP contribution in [0.3, 0.4) is 0 Å². The fraction of sp³-hybridized carbons (Fsp3) is 0.571. The highest BCUT2D eigenvalue weighted by atomic mass is 32.2. The highest BCUT2D eigenvalue weighted by molar-refractivity contribution is 7.92. The summed E-state index contributed by atoms with van der Waals surface area (Å²) in [5.74, 6) is 0.711. The summed E-state index contributed by atoms with van der Waals surface area (Å²) in [5.41, 5.74) is 6.19. The monoisotopic (exact) mass is 267 g/mol. The Morgan fingerprint density at radius 2 is 1.67 bits per heavy atom. The molecule has 0 aliphatic heterocycles. The summed E-state index contributed by atoms with van der Waals surface area (Å²) in [4.78, 5) is 0.414. The first-order valence-electron chi connectivity index (χ1n) is 6.63. The van der Waals surface area contributed by atoms with E-state index in [0.29, 0.717) is 16.5 Å². The van der Waals surface area contributed by atoms with Crippen LogP contribution in [0.15, 0.2) is 29.2 Å². The molecule has 0 heterocycles. The smallest absolute Gasteiger partial charge is 0.181 e. The third-order valence-corrected chi connectivity index (χ3v) is 6.30. The minimum atomic E-state index is -3.17. The van der Waals surface area contributed by atoms with Crippen molar-refractivity contribution in [2.45, 2.75) is 49.2 Å². The van der Waals surface area contributed by atoms with Gasteiger partial charge in [-0.1, -0.05) is 13.3 Å². The zero-order valence-electron chi connectivity index (χ0n) is 10.8. The molecule has 0 bridgehead atoms. The number of anilines is 1. The number of nitrogen functional groups attached to an aromatic ring is 1. The number of rotatable bonds is 3. The van der Waals surface area contributed by atoms with E-state index in [2.05, 4.69) is 6.92 Å². The van der Waals surface area contributed by atoms with Gasteiger partial charge in [0.25, 0.3) is 0 Å². The van der Waals surface area contributed by atoms with Crippen LogP contribution in [-0.2, 0) is 9.84 Å². The van der Waals surface area contributed by atoms with E-state index in [0.717, 1.165) is 32.1 Å². The van der Waals surface area contributed by atoms with Crippen molar-refractivity contribution in [2.75, 3.05) is 5.73 Å². The average molecular weight is 267 g/mol. The predicted molar refractivity (Wildman–Crippen MR) is 74.1 cm³/mol. The first kappa shape index (κ1) is 13.4. The van der Waals surface area contributed by atoms with E-state index in [4.69, 9.17) is 5.73 Å². The van der Waals surface area contributed by atoms with Gasteiger partial charge in [0.1, 0.15) is 0 Å². The molecule has 1 aromatic carbocycles. The van der Waals surface area contributed by atoms with Crippen molar-refractivity contribution in [1.29, 1.82) is 0 Å². The maximum atomic E-state index is 12.5. The van der Waals surface area contributed by atoms with Gasteiger partial charge in [0.2, 0.25) is 0 Å². The summed E-state index contributed by atoms with van der Waals surface area (Å²) in [6.45, 7) is 2.18. The van der Waals surface area contributed by atoms with E-state index in [1.165, 1.54) is 0 Å². The summed E-state index contributed by atoms with van der Waals surface area (Å²) in [6, 6.07) is 6.56. The first-order chi connectivity index (χ1) is 8.54. The summed E-state index contributed by atoms with van der Waals surface area (Å²) in [6.07, 6.45) is 4.83. The molecule has 1 aromatic rings. The molecule has 0 atom stereocenters. The standard InChI is InChI=1S/C14H21NO2S/c1-2-11-3-7-13(8-4-11)18(16,17)14-9-5-12(15)6-10-14/h5-6,9-11,13H,2-4,7-8,15H2,1H3. The predicted octanol–water partition coefficient (Wildman–Crippen LogP) is 3.01. The van der Waals surface area contributed by atoms with E-state index in [1.54, 1.807) is 24.3 Å². The molecule has 1 aliphatic carbocycles. The van der Waals surface area contributed by atoms with Gasteiger partial charge in [0.05, 0.1) is 10.1 Å². The molecule has 3 nitrogen and oxygen atoms in total. The van der Waals surface area contributed by atoms with Gasteiger partial charge < -0.3 is 5.73 Å². The Morgan fingerprint density at radius 3 is 2.17 bits per heavy atom. The van der Waals surface area contributed by atoms with Gasteiger partial charge in [-0.25, -0.2) is 8.42 Å². The molecule has 100 valence electrons. The van der Waals surface area contributed by atoms with E-state index >= 15 is 0 Å². The molecule has 4 heteroatoms. The van der Waals surface area contributed by atoms with Crippen LogP contribution in [0.5, 0.6) is 0 Å². The Kier molecular flexibility index (Phi) is 3.95. The second kappa shape index (κ2) is 5.31. The Hall–Kier alpha value is -1.03. The molecular formula is C14H21NO2S. The zero-order chi connectivity index (χ0) is 13.2. The third-order valence-electron chi connectivity index (χ3n) is 4.02. The van der Waals surface area contributed by atoms with Crippen LogP contribution >= 0.6 is 0 Å². The molecule has 0 saturated heterocycles. The molecule has 1 fully saturated rings. The van der Waals surface area contributed by atoms with Gasteiger partial charge >= 0.3 is 0 Å². The maximum Gasteiger partial charge on any atom is 0.181 e. The largest absolute Gasteiger partial charge is 0.399 e. The lowest BCUT2D eigenvalue weighted by molar-refractivity contribution is 0.348.